The second-order valence-corrected chi connectivity index (χ2v) is 5.48. The van der Waals surface area contributed by atoms with Crippen LogP contribution in [0.2, 0.25) is 0 Å². The zero-order valence-electron chi connectivity index (χ0n) is 12.6. The van der Waals surface area contributed by atoms with Gasteiger partial charge in [-0.05, 0) is 42.7 Å². The number of fused-ring (bicyclic) bond motifs is 1. The van der Waals surface area contributed by atoms with Crippen LogP contribution >= 0.6 is 0 Å². The molecule has 1 atom stereocenters. The molecule has 0 bridgehead atoms. The fourth-order valence-corrected chi connectivity index (χ4v) is 2.93. The normalized spacial score (nSPS) is 12.7. The SMILES string of the molecule is CCn1nc(C)cc1C(N)Cc1cccc2ccccc12. The summed E-state index contributed by atoms with van der Waals surface area (Å²) >= 11 is 0. The molecule has 3 aromatic rings. The number of aryl methyl sites for hydroxylation is 2. The van der Waals surface area contributed by atoms with Crippen molar-refractivity contribution in [2.24, 2.45) is 5.73 Å². The Kier molecular flexibility index (Phi) is 3.76. The molecule has 1 heterocycles. The smallest absolute Gasteiger partial charge is 0.0597 e. The van der Waals surface area contributed by atoms with E-state index in [1.807, 2.05) is 11.6 Å². The van der Waals surface area contributed by atoms with Crippen LogP contribution in [0.4, 0.5) is 0 Å². The van der Waals surface area contributed by atoms with E-state index in [4.69, 9.17) is 5.73 Å². The van der Waals surface area contributed by atoms with Crippen LogP contribution in [0.25, 0.3) is 10.8 Å². The van der Waals surface area contributed by atoms with E-state index in [-0.39, 0.29) is 6.04 Å². The molecule has 0 aliphatic carbocycles. The van der Waals surface area contributed by atoms with Gasteiger partial charge in [-0.15, -0.1) is 0 Å². The van der Waals surface area contributed by atoms with Crippen LogP contribution in [0.1, 0.15) is 29.9 Å². The highest BCUT2D eigenvalue weighted by molar-refractivity contribution is 5.85. The van der Waals surface area contributed by atoms with Crippen LogP contribution < -0.4 is 5.73 Å². The first kappa shape index (κ1) is 13.8. The van der Waals surface area contributed by atoms with E-state index >= 15 is 0 Å². The molecule has 21 heavy (non-hydrogen) atoms. The first-order valence-electron chi connectivity index (χ1n) is 7.45. The molecule has 0 saturated carbocycles. The molecule has 0 fully saturated rings. The maximum atomic E-state index is 6.45. The highest BCUT2D eigenvalue weighted by Gasteiger charge is 2.14. The third kappa shape index (κ3) is 2.69. The number of hydrogen-bond acceptors (Lipinski definition) is 2. The lowest BCUT2D eigenvalue weighted by Gasteiger charge is -2.15. The molecule has 3 rings (SSSR count). The lowest BCUT2D eigenvalue weighted by molar-refractivity contribution is 0.567. The Morgan fingerprint density at radius 3 is 2.71 bits per heavy atom. The average Bonchev–Trinajstić information content (AvgIpc) is 2.89. The van der Waals surface area contributed by atoms with Gasteiger partial charge in [0, 0.05) is 6.54 Å². The number of hydrogen-bond donors (Lipinski definition) is 1. The van der Waals surface area contributed by atoms with Gasteiger partial charge >= 0.3 is 0 Å². The third-order valence-corrected chi connectivity index (χ3v) is 3.93. The third-order valence-electron chi connectivity index (χ3n) is 3.93. The summed E-state index contributed by atoms with van der Waals surface area (Å²) in [6.07, 6.45) is 0.826. The predicted molar refractivity (Wildman–Crippen MR) is 87.2 cm³/mol. The van der Waals surface area contributed by atoms with E-state index in [0.29, 0.717) is 0 Å². The van der Waals surface area contributed by atoms with Crippen LogP contribution in [0.15, 0.2) is 48.5 Å². The maximum absolute atomic E-state index is 6.45. The predicted octanol–water partition coefficient (Wildman–Crippen LogP) is 3.61. The topological polar surface area (TPSA) is 43.8 Å². The summed E-state index contributed by atoms with van der Waals surface area (Å²) in [6, 6.07) is 16.9. The quantitative estimate of drug-likeness (QED) is 0.793. The minimum absolute atomic E-state index is 0.0306. The molecule has 3 nitrogen and oxygen atoms in total. The summed E-state index contributed by atoms with van der Waals surface area (Å²) in [5.41, 5.74) is 9.88. The Bertz CT molecular complexity index is 753. The number of aromatic nitrogens is 2. The van der Waals surface area contributed by atoms with Gasteiger partial charge < -0.3 is 5.73 Å². The summed E-state index contributed by atoms with van der Waals surface area (Å²) in [5, 5.41) is 7.04. The average molecular weight is 279 g/mol. The van der Waals surface area contributed by atoms with E-state index in [1.165, 1.54) is 16.3 Å². The molecule has 0 radical (unpaired) electrons. The molecule has 1 unspecified atom stereocenters. The Balaban J connectivity index is 1.94. The molecule has 2 N–H and O–H groups in total. The molecule has 3 heteroatoms. The molecule has 2 aromatic carbocycles. The van der Waals surface area contributed by atoms with Gasteiger partial charge in [-0.25, -0.2) is 0 Å². The fraction of sp³-hybridized carbons (Fsp3) is 0.278. The molecule has 0 amide bonds. The summed E-state index contributed by atoms with van der Waals surface area (Å²) in [6.45, 7) is 4.97. The van der Waals surface area contributed by atoms with Gasteiger partial charge in [0.05, 0.1) is 17.4 Å². The van der Waals surface area contributed by atoms with Gasteiger partial charge in [-0.2, -0.15) is 5.10 Å². The first-order chi connectivity index (χ1) is 10.2. The summed E-state index contributed by atoms with van der Waals surface area (Å²) in [5.74, 6) is 0. The van der Waals surface area contributed by atoms with Crippen molar-refractivity contribution in [3.05, 3.63) is 65.5 Å². The summed E-state index contributed by atoms with van der Waals surface area (Å²) < 4.78 is 2.01. The molecule has 108 valence electrons. The van der Waals surface area contributed by atoms with Crippen molar-refractivity contribution < 1.29 is 0 Å². The van der Waals surface area contributed by atoms with Gasteiger partial charge in [-0.1, -0.05) is 42.5 Å². The molecule has 0 saturated heterocycles. The van der Waals surface area contributed by atoms with Gasteiger partial charge in [0.25, 0.3) is 0 Å². The Morgan fingerprint density at radius 2 is 1.90 bits per heavy atom. The van der Waals surface area contributed by atoms with Crippen molar-refractivity contribution in [2.45, 2.75) is 32.9 Å². The van der Waals surface area contributed by atoms with Gasteiger partial charge in [0.2, 0.25) is 0 Å². The van der Waals surface area contributed by atoms with Crippen LogP contribution in [-0.4, -0.2) is 9.78 Å². The van der Waals surface area contributed by atoms with Crippen molar-refractivity contribution in [3.8, 4) is 0 Å². The van der Waals surface area contributed by atoms with Gasteiger partial charge in [-0.3, -0.25) is 4.68 Å². The minimum atomic E-state index is -0.0306. The van der Waals surface area contributed by atoms with Crippen LogP contribution in [0.5, 0.6) is 0 Å². The molecule has 0 spiro atoms. The largest absolute Gasteiger partial charge is 0.322 e. The zero-order chi connectivity index (χ0) is 14.8. The van der Waals surface area contributed by atoms with Crippen molar-refractivity contribution in [3.63, 3.8) is 0 Å². The van der Waals surface area contributed by atoms with E-state index in [9.17, 15) is 0 Å². The second-order valence-electron chi connectivity index (χ2n) is 5.48. The van der Waals surface area contributed by atoms with Crippen molar-refractivity contribution in [1.29, 1.82) is 0 Å². The summed E-state index contributed by atoms with van der Waals surface area (Å²) in [7, 11) is 0. The molecular formula is C18H21N3. The minimum Gasteiger partial charge on any atom is -0.322 e. The molecule has 0 aliphatic rings. The van der Waals surface area contributed by atoms with Crippen LogP contribution in [0, 0.1) is 6.92 Å². The van der Waals surface area contributed by atoms with Crippen molar-refractivity contribution in [2.75, 3.05) is 0 Å². The fourth-order valence-electron chi connectivity index (χ4n) is 2.93. The second kappa shape index (κ2) is 5.70. The first-order valence-corrected chi connectivity index (χ1v) is 7.45. The standard InChI is InChI=1S/C18H21N3/c1-3-21-18(11-13(2)20-21)17(19)12-15-9-6-8-14-7-4-5-10-16(14)15/h4-11,17H,3,12,19H2,1-2H3. The monoisotopic (exact) mass is 279 g/mol. The number of nitrogens with zero attached hydrogens (tertiary/aromatic N) is 2. The Morgan fingerprint density at radius 1 is 1.14 bits per heavy atom. The van der Waals surface area contributed by atoms with Crippen LogP contribution in [0.3, 0.4) is 0 Å². The number of benzene rings is 2. The number of rotatable bonds is 4. The maximum Gasteiger partial charge on any atom is 0.0597 e. The molecule has 0 aliphatic heterocycles. The van der Waals surface area contributed by atoms with E-state index in [0.717, 1.165) is 24.4 Å². The summed E-state index contributed by atoms with van der Waals surface area (Å²) in [4.78, 5) is 0. The number of nitrogens with two attached hydrogens (primary N) is 1. The highest BCUT2D eigenvalue weighted by Crippen LogP contribution is 2.24. The Hall–Kier alpha value is -2.13. The van der Waals surface area contributed by atoms with E-state index in [2.05, 4.69) is 60.6 Å². The zero-order valence-corrected chi connectivity index (χ0v) is 12.6. The van der Waals surface area contributed by atoms with Crippen molar-refractivity contribution in [1.82, 2.24) is 9.78 Å². The van der Waals surface area contributed by atoms with Crippen LogP contribution in [-0.2, 0) is 13.0 Å². The van der Waals surface area contributed by atoms with Gasteiger partial charge in [0.1, 0.15) is 0 Å². The van der Waals surface area contributed by atoms with E-state index < -0.39 is 0 Å². The molecular weight excluding hydrogens is 258 g/mol. The lowest BCUT2D eigenvalue weighted by Crippen LogP contribution is -2.18. The van der Waals surface area contributed by atoms with Crippen molar-refractivity contribution >= 4 is 10.8 Å². The Labute approximate surface area is 125 Å². The van der Waals surface area contributed by atoms with Gasteiger partial charge in [0.15, 0.2) is 0 Å². The lowest BCUT2D eigenvalue weighted by atomic mass is 9.97. The highest BCUT2D eigenvalue weighted by atomic mass is 15.3. The van der Waals surface area contributed by atoms with E-state index in [1.54, 1.807) is 0 Å². The molecule has 1 aromatic heterocycles.